The molecule has 1 heterocycles. The monoisotopic (exact) mass is 329 g/mol. The lowest BCUT2D eigenvalue weighted by molar-refractivity contribution is 0.125. The Morgan fingerprint density at radius 2 is 1.00 bits per heavy atom. The highest BCUT2D eigenvalue weighted by Crippen LogP contribution is 2.37. The van der Waals surface area contributed by atoms with Gasteiger partial charge in [0.25, 0.3) is 0 Å². The van der Waals surface area contributed by atoms with Gasteiger partial charge in [-0.05, 0) is 53.1 Å². The van der Waals surface area contributed by atoms with Crippen molar-refractivity contribution in [3.05, 3.63) is 99.8 Å². The molecular weight excluding hydrogens is 317 g/mol. The van der Waals surface area contributed by atoms with Crippen molar-refractivity contribution >= 4 is 23.2 Å². The number of aromatic nitrogens is 1. The Morgan fingerprint density at radius 1 is 0.636 bits per heavy atom. The number of benzene rings is 2. The molecule has 0 radical (unpaired) electrons. The Bertz CT molecular complexity index is 710. The zero-order chi connectivity index (χ0) is 15.6. The number of hydrogen-bond acceptors (Lipinski definition) is 2. The lowest BCUT2D eigenvalue weighted by Gasteiger charge is -2.30. The third-order valence-corrected chi connectivity index (χ3v) is 4.13. The molecule has 0 spiro atoms. The fraction of sp³-hybridized carbons (Fsp3) is 0.0556. The zero-order valence-corrected chi connectivity index (χ0v) is 13.1. The summed E-state index contributed by atoms with van der Waals surface area (Å²) in [5, 5.41) is 12.7. The molecule has 1 N–H and O–H groups in total. The number of halogens is 2. The Morgan fingerprint density at radius 3 is 1.41 bits per heavy atom. The van der Waals surface area contributed by atoms with Crippen molar-refractivity contribution in [2.75, 3.05) is 0 Å². The van der Waals surface area contributed by atoms with Crippen molar-refractivity contribution in [3.8, 4) is 0 Å². The van der Waals surface area contributed by atoms with E-state index in [4.69, 9.17) is 23.2 Å². The van der Waals surface area contributed by atoms with Gasteiger partial charge in [0.2, 0.25) is 0 Å². The van der Waals surface area contributed by atoms with Crippen LogP contribution in [0.4, 0.5) is 0 Å². The average molecular weight is 330 g/mol. The fourth-order valence-corrected chi connectivity index (χ4v) is 2.73. The summed E-state index contributed by atoms with van der Waals surface area (Å²) in [6.45, 7) is 0. The Balaban J connectivity index is 2.22. The topological polar surface area (TPSA) is 33.1 Å². The van der Waals surface area contributed by atoms with Crippen LogP contribution in [-0.2, 0) is 5.60 Å². The van der Waals surface area contributed by atoms with Crippen LogP contribution in [0.1, 0.15) is 16.7 Å². The van der Waals surface area contributed by atoms with Crippen LogP contribution < -0.4 is 0 Å². The maximum Gasteiger partial charge on any atom is 0.140 e. The standard InChI is InChI=1S/C18H13Cl2NO/c19-16-5-1-13(2-6-16)18(22,15-9-11-21-12-10-15)14-3-7-17(20)8-4-14/h1-12,22H. The molecule has 1 aromatic heterocycles. The summed E-state index contributed by atoms with van der Waals surface area (Å²) in [6.07, 6.45) is 3.32. The second-order valence-corrected chi connectivity index (χ2v) is 5.83. The summed E-state index contributed by atoms with van der Waals surface area (Å²) in [4.78, 5) is 4.02. The van der Waals surface area contributed by atoms with Crippen LogP contribution in [0, 0.1) is 0 Å². The highest BCUT2D eigenvalue weighted by molar-refractivity contribution is 6.30. The van der Waals surface area contributed by atoms with Gasteiger partial charge in [-0.1, -0.05) is 47.5 Å². The Labute approximate surface area is 139 Å². The zero-order valence-electron chi connectivity index (χ0n) is 11.6. The SMILES string of the molecule is OC(c1ccncc1)(c1ccc(Cl)cc1)c1ccc(Cl)cc1. The molecule has 0 aliphatic rings. The lowest BCUT2D eigenvalue weighted by Crippen LogP contribution is -2.28. The highest BCUT2D eigenvalue weighted by Gasteiger charge is 2.33. The van der Waals surface area contributed by atoms with Gasteiger partial charge < -0.3 is 5.11 Å². The number of nitrogens with zero attached hydrogens (tertiary/aromatic N) is 1. The van der Waals surface area contributed by atoms with E-state index in [-0.39, 0.29) is 0 Å². The van der Waals surface area contributed by atoms with Gasteiger partial charge in [0.1, 0.15) is 5.60 Å². The molecule has 3 rings (SSSR count). The van der Waals surface area contributed by atoms with E-state index in [2.05, 4.69) is 4.98 Å². The van der Waals surface area contributed by atoms with Crippen molar-refractivity contribution in [3.63, 3.8) is 0 Å². The molecule has 0 aliphatic carbocycles. The van der Waals surface area contributed by atoms with Crippen molar-refractivity contribution in [1.82, 2.24) is 4.98 Å². The molecule has 0 bridgehead atoms. The van der Waals surface area contributed by atoms with Crippen LogP contribution in [-0.4, -0.2) is 10.1 Å². The third-order valence-electron chi connectivity index (χ3n) is 3.62. The molecule has 0 saturated heterocycles. The van der Waals surface area contributed by atoms with Crippen LogP contribution in [0.15, 0.2) is 73.1 Å². The number of pyridine rings is 1. The highest BCUT2D eigenvalue weighted by atomic mass is 35.5. The van der Waals surface area contributed by atoms with Crippen molar-refractivity contribution < 1.29 is 5.11 Å². The minimum atomic E-state index is -1.29. The van der Waals surface area contributed by atoms with E-state index in [0.717, 1.165) is 16.7 Å². The first-order valence-electron chi connectivity index (χ1n) is 6.75. The molecule has 0 unspecified atom stereocenters. The van der Waals surface area contributed by atoms with Crippen molar-refractivity contribution in [2.24, 2.45) is 0 Å². The van der Waals surface area contributed by atoms with Crippen LogP contribution in [0.3, 0.4) is 0 Å². The maximum atomic E-state index is 11.5. The predicted molar refractivity (Wildman–Crippen MR) is 89.2 cm³/mol. The number of rotatable bonds is 3. The first-order valence-corrected chi connectivity index (χ1v) is 7.51. The quantitative estimate of drug-likeness (QED) is 0.757. The van der Waals surface area contributed by atoms with Gasteiger partial charge >= 0.3 is 0 Å². The molecule has 4 heteroatoms. The molecule has 2 nitrogen and oxygen atoms in total. The van der Waals surface area contributed by atoms with E-state index in [0.29, 0.717) is 10.0 Å². The van der Waals surface area contributed by atoms with Gasteiger partial charge in [-0.3, -0.25) is 4.98 Å². The van der Waals surface area contributed by atoms with Gasteiger partial charge in [0, 0.05) is 22.4 Å². The van der Waals surface area contributed by atoms with Crippen LogP contribution in [0.5, 0.6) is 0 Å². The van der Waals surface area contributed by atoms with Gasteiger partial charge in [-0.15, -0.1) is 0 Å². The Hall–Kier alpha value is -1.87. The van der Waals surface area contributed by atoms with Gasteiger partial charge in [-0.25, -0.2) is 0 Å². The molecule has 3 aromatic rings. The normalized spacial score (nSPS) is 11.4. The Kier molecular flexibility index (Phi) is 4.16. The van der Waals surface area contributed by atoms with Crippen LogP contribution in [0.25, 0.3) is 0 Å². The van der Waals surface area contributed by atoms with E-state index in [9.17, 15) is 5.11 Å². The molecule has 2 aromatic carbocycles. The largest absolute Gasteiger partial charge is 0.376 e. The molecule has 0 amide bonds. The van der Waals surface area contributed by atoms with Crippen molar-refractivity contribution in [2.45, 2.75) is 5.60 Å². The smallest absolute Gasteiger partial charge is 0.140 e. The van der Waals surface area contributed by atoms with E-state index in [1.807, 2.05) is 24.3 Å². The first-order chi connectivity index (χ1) is 10.6. The van der Waals surface area contributed by atoms with Crippen LogP contribution in [0.2, 0.25) is 10.0 Å². The summed E-state index contributed by atoms with van der Waals surface area (Å²) in [5.74, 6) is 0. The lowest BCUT2D eigenvalue weighted by atomic mass is 9.81. The third kappa shape index (κ3) is 2.73. The van der Waals surface area contributed by atoms with Crippen LogP contribution >= 0.6 is 23.2 Å². The summed E-state index contributed by atoms with van der Waals surface area (Å²) in [7, 11) is 0. The molecule has 0 aliphatic heterocycles. The summed E-state index contributed by atoms with van der Waals surface area (Å²) < 4.78 is 0. The van der Waals surface area contributed by atoms with Crippen molar-refractivity contribution in [1.29, 1.82) is 0 Å². The molecule has 0 saturated carbocycles. The first kappa shape index (κ1) is 15.0. The minimum absolute atomic E-state index is 0.622. The van der Waals surface area contributed by atoms with E-state index in [1.165, 1.54) is 0 Å². The number of hydrogen-bond donors (Lipinski definition) is 1. The van der Waals surface area contributed by atoms with E-state index in [1.54, 1.807) is 48.8 Å². The molecule has 22 heavy (non-hydrogen) atoms. The average Bonchev–Trinajstić information content (AvgIpc) is 2.56. The molecule has 110 valence electrons. The van der Waals surface area contributed by atoms with Gasteiger partial charge in [0.15, 0.2) is 0 Å². The fourth-order valence-electron chi connectivity index (χ4n) is 2.48. The minimum Gasteiger partial charge on any atom is -0.376 e. The second-order valence-electron chi connectivity index (χ2n) is 4.96. The van der Waals surface area contributed by atoms with E-state index < -0.39 is 5.60 Å². The maximum absolute atomic E-state index is 11.5. The molecular formula is C18H13Cl2NO. The summed E-state index contributed by atoms with van der Waals surface area (Å²) in [6, 6.07) is 17.9. The molecule has 0 fully saturated rings. The van der Waals surface area contributed by atoms with Gasteiger partial charge in [0.05, 0.1) is 0 Å². The van der Waals surface area contributed by atoms with E-state index >= 15 is 0 Å². The molecule has 0 atom stereocenters. The summed E-state index contributed by atoms with van der Waals surface area (Å²) in [5.41, 5.74) is 0.890. The summed E-state index contributed by atoms with van der Waals surface area (Å²) >= 11 is 11.9. The second kappa shape index (κ2) is 6.09. The van der Waals surface area contributed by atoms with Gasteiger partial charge in [-0.2, -0.15) is 0 Å². The number of aliphatic hydroxyl groups is 1. The predicted octanol–water partition coefficient (Wildman–Crippen LogP) is 4.67.